The number of hydrogen-bond donors (Lipinski definition) is 0. The van der Waals surface area contributed by atoms with E-state index in [0.717, 1.165) is 69.7 Å². The first-order valence-electron chi connectivity index (χ1n) is 10.4. The molecule has 7 heteroatoms. The number of piperidine rings is 1. The molecule has 7 nitrogen and oxygen atoms in total. The SMILES string of the molecule is O=C1COCCN1CCN1CCC(Cn2nc3c(cc2=O)CCCC3)CC1. The quantitative estimate of drug-likeness (QED) is 0.759. The predicted molar refractivity (Wildman–Crippen MR) is 102 cm³/mol. The van der Waals surface area contributed by atoms with Crippen molar-refractivity contribution in [2.45, 2.75) is 45.1 Å². The van der Waals surface area contributed by atoms with E-state index in [2.05, 4.69) is 10.00 Å². The zero-order valence-corrected chi connectivity index (χ0v) is 16.1. The highest BCUT2D eigenvalue weighted by Gasteiger charge is 2.23. The molecule has 0 atom stereocenters. The monoisotopic (exact) mass is 374 g/mol. The molecule has 2 aliphatic heterocycles. The van der Waals surface area contributed by atoms with Gasteiger partial charge in [0.25, 0.3) is 5.56 Å². The van der Waals surface area contributed by atoms with Crippen LogP contribution in [0.25, 0.3) is 0 Å². The molecule has 1 aromatic heterocycles. The van der Waals surface area contributed by atoms with E-state index < -0.39 is 0 Å². The first-order valence-corrected chi connectivity index (χ1v) is 10.4. The number of likely N-dealkylation sites (tertiary alicyclic amines) is 1. The summed E-state index contributed by atoms with van der Waals surface area (Å²) in [4.78, 5) is 28.5. The molecule has 27 heavy (non-hydrogen) atoms. The Balaban J connectivity index is 1.26. The third kappa shape index (κ3) is 4.58. The Morgan fingerprint density at radius 1 is 1.07 bits per heavy atom. The third-order valence-corrected chi connectivity index (χ3v) is 6.18. The summed E-state index contributed by atoms with van der Waals surface area (Å²) in [5.74, 6) is 0.618. The Bertz CT molecular complexity index is 724. The molecule has 2 fully saturated rings. The van der Waals surface area contributed by atoms with Crippen molar-refractivity contribution >= 4 is 5.91 Å². The smallest absolute Gasteiger partial charge is 0.267 e. The van der Waals surface area contributed by atoms with Crippen molar-refractivity contribution in [2.75, 3.05) is 45.9 Å². The summed E-state index contributed by atoms with van der Waals surface area (Å²) >= 11 is 0. The van der Waals surface area contributed by atoms with Crippen LogP contribution in [0, 0.1) is 5.92 Å². The van der Waals surface area contributed by atoms with Gasteiger partial charge in [0, 0.05) is 32.2 Å². The number of nitrogens with zero attached hydrogens (tertiary/aromatic N) is 4. The minimum Gasteiger partial charge on any atom is -0.370 e. The van der Waals surface area contributed by atoms with Crippen LogP contribution in [-0.2, 0) is 28.9 Å². The summed E-state index contributed by atoms with van der Waals surface area (Å²) in [7, 11) is 0. The van der Waals surface area contributed by atoms with Crippen molar-refractivity contribution in [1.82, 2.24) is 19.6 Å². The molecular weight excluding hydrogens is 344 g/mol. The van der Waals surface area contributed by atoms with Gasteiger partial charge in [0.1, 0.15) is 6.61 Å². The summed E-state index contributed by atoms with van der Waals surface area (Å²) in [6.07, 6.45) is 6.54. The molecule has 2 saturated heterocycles. The molecule has 0 unspecified atom stereocenters. The molecule has 3 heterocycles. The molecule has 1 aliphatic carbocycles. The maximum absolute atomic E-state index is 12.4. The number of ether oxygens (including phenoxy) is 1. The van der Waals surface area contributed by atoms with Crippen molar-refractivity contribution in [3.63, 3.8) is 0 Å². The largest absolute Gasteiger partial charge is 0.370 e. The highest BCUT2D eigenvalue weighted by molar-refractivity contribution is 5.77. The number of aromatic nitrogens is 2. The highest BCUT2D eigenvalue weighted by atomic mass is 16.5. The molecule has 4 rings (SSSR count). The molecule has 0 saturated carbocycles. The second-order valence-corrected chi connectivity index (χ2v) is 8.06. The van der Waals surface area contributed by atoms with E-state index in [1.165, 1.54) is 12.8 Å². The van der Waals surface area contributed by atoms with Crippen molar-refractivity contribution < 1.29 is 9.53 Å². The van der Waals surface area contributed by atoms with Crippen LogP contribution in [0.1, 0.15) is 36.9 Å². The van der Waals surface area contributed by atoms with Crippen LogP contribution in [0.15, 0.2) is 10.9 Å². The van der Waals surface area contributed by atoms with Gasteiger partial charge >= 0.3 is 0 Å². The zero-order valence-electron chi connectivity index (χ0n) is 16.1. The van der Waals surface area contributed by atoms with E-state index >= 15 is 0 Å². The lowest BCUT2D eigenvalue weighted by Gasteiger charge is -2.34. The first-order chi connectivity index (χ1) is 13.2. The van der Waals surface area contributed by atoms with Gasteiger partial charge in [-0.15, -0.1) is 0 Å². The second-order valence-electron chi connectivity index (χ2n) is 8.06. The Hall–Kier alpha value is -1.73. The normalized spacial score (nSPS) is 22.1. The Morgan fingerprint density at radius 3 is 2.70 bits per heavy atom. The minimum atomic E-state index is 0.0592. The molecule has 3 aliphatic rings. The van der Waals surface area contributed by atoms with E-state index in [4.69, 9.17) is 4.74 Å². The molecule has 1 amide bonds. The third-order valence-electron chi connectivity index (χ3n) is 6.18. The van der Waals surface area contributed by atoms with Crippen LogP contribution < -0.4 is 5.56 Å². The van der Waals surface area contributed by atoms with Crippen molar-refractivity contribution in [3.05, 3.63) is 27.7 Å². The van der Waals surface area contributed by atoms with Gasteiger partial charge < -0.3 is 14.5 Å². The van der Waals surface area contributed by atoms with Gasteiger partial charge in [-0.3, -0.25) is 9.59 Å². The molecule has 0 aromatic carbocycles. The predicted octanol–water partition coefficient (Wildman–Crippen LogP) is 0.693. The fourth-order valence-electron chi connectivity index (χ4n) is 4.42. The van der Waals surface area contributed by atoms with Crippen LogP contribution in [0.4, 0.5) is 0 Å². The summed E-state index contributed by atoms with van der Waals surface area (Å²) < 4.78 is 6.89. The molecular formula is C20H30N4O3. The van der Waals surface area contributed by atoms with Gasteiger partial charge in [-0.05, 0) is 63.1 Å². The van der Waals surface area contributed by atoms with Gasteiger partial charge in [-0.1, -0.05) is 0 Å². The summed E-state index contributed by atoms with van der Waals surface area (Å²) in [6, 6.07) is 1.82. The molecule has 0 spiro atoms. The lowest BCUT2D eigenvalue weighted by molar-refractivity contribution is -0.142. The highest BCUT2D eigenvalue weighted by Crippen LogP contribution is 2.20. The summed E-state index contributed by atoms with van der Waals surface area (Å²) in [6.45, 7) is 6.10. The Morgan fingerprint density at radius 2 is 1.89 bits per heavy atom. The van der Waals surface area contributed by atoms with Crippen LogP contribution >= 0.6 is 0 Å². The van der Waals surface area contributed by atoms with Crippen molar-refractivity contribution in [3.8, 4) is 0 Å². The van der Waals surface area contributed by atoms with Crippen molar-refractivity contribution in [1.29, 1.82) is 0 Å². The molecule has 148 valence electrons. The number of aryl methyl sites for hydroxylation is 2. The van der Waals surface area contributed by atoms with Gasteiger partial charge in [0.05, 0.1) is 12.3 Å². The van der Waals surface area contributed by atoms with Crippen LogP contribution in [0.3, 0.4) is 0 Å². The van der Waals surface area contributed by atoms with Crippen LogP contribution in [0.2, 0.25) is 0 Å². The fourth-order valence-corrected chi connectivity index (χ4v) is 4.42. The standard InChI is InChI=1S/C20H30N4O3/c25-19-13-17-3-1-2-4-18(17)21-24(19)14-16-5-7-22(8-6-16)9-10-23-11-12-27-15-20(23)26/h13,16H,1-12,14-15H2. The summed E-state index contributed by atoms with van der Waals surface area (Å²) in [5.41, 5.74) is 2.35. The van der Waals surface area contributed by atoms with Gasteiger partial charge in [-0.25, -0.2) is 4.68 Å². The molecule has 0 radical (unpaired) electrons. The maximum atomic E-state index is 12.4. The zero-order chi connectivity index (χ0) is 18.6. The fraction of sp³-hybridized carbons (Fsp3) is 0.750. The number of carbonyl (C=O) groups excluding carboxylic acids is 1. The van der Waals surface area contributed by atoms with E-state index in [-0.39, 0.29) is 18.1 Å². The Labute approximate surface area is 160 Å². The minimum absolute atomic E-state index is 0.0592. The van der Waals surface area contributed by atoms with Gasteiger partial charge in [0.2, 0.25) is 5.91 Å². The number of carbonyl (C=O) groups is 1. The van der Waals surface area contributed by atoms with Gasteiger partial charge in [0.15, 0.2) is 0 Å². The number of hydrogen-bond acceptors (Lipinski definition) is 5. The van der Waals surface area contributed by atoms with Crippen LogP contribution in [-0.4, -0.2) is 71.4 Å². The lowest BCUT2D eigenvalue weighted by Crippen LogP contribution is -2.46. The maximum Gasteiger partial charge on any atom is 0.267 e. The molecule has 1 aromatic rings. The molecule has 0 N–H and O–H groups in total. The summed E-state index contributed by atoms with van der Waals surface area (Å²) in [5, 5.41) is 4.67. The lowest BCUT2D eigenvalue weighted by atomic mass is 9.96. The topological polar surface area (TPSA) is 67.7 Å². The van der Waals surface area contributed by atoms with E-state index in [0.29, 0.717) is 19.1 Å². The number of rotatable bonds is 5. The number of morpholine rings is 1. The number of amides is 1. The molecule has 0 bridgehead atoms. The number of fused-ring (bicyclic) bond motifs is 1. The Kier molecular flexibility index (Phi) is 5.88. The van der Waals surface area contributed by atoms with E-state index in [9.17, 15) is 9.59 Å². The van der Waals surface area contributed by atoms with Crippen LogP contribution in [0.5, 0.6) is 0 Å². The van der Waals surface area contributed by atoms with E-state index in [1.807, 2.05) is 11.0 Å². The van der Waals surface area contributed by atoms with Gasteiger partial charge in [-0.2, -0.15) is 5.10 Å². The van der Waals surface area contributed by atoms with Crippen molar-refractivity contribution in [2.24, 2.45) is 5.92 Å². The second kappa shape index (κ2) is 8.52. The van der Waals surface area contributed by atoms with E-state index in [1.54, 1.807) is 4.68 Å². The average Bonchev–Trinajstić information content (AvgIpc) is 2.69. The first kappa shape index (κ1) is 18.6. The average molecular weight is 374 g/mol.